The van der Waals surface area contributed by atoms with Crippen molar-refractivity contribution in [1.29, 1.82) is 0 Å². The average molecular weight is 276 g/mol. The fraction of sp³-hybridized carbons (Fsp3) is 0.143. The molecule has 0 saturated carbocycles. The van der Waals surface area contributed by atoms with Gasteiger partial charge < -0.3 is 11.5 Å². The molecule has 0 fully saturated rings. The van der Waals surface area contributed by atoms with Crippen LogP contribution in [0.15, 0.2) is 46.1 Å². The summed E-state index contributed by atoms with van der Waals surface area (Å²) in [5, 5.41) is 0.449. The molecule has 0 atom stereocenters. The third kappa shape index (κ3) is 2.53. The lowest BCUT2D eigenvalue weighted by Gasteiger charge is -2.15. The van der Waals surface area contributed by atoms with Crippen LogP contribution in [-0.2, 0) is 4.79 Å². The number of nitrogens with zero attached hydrogens (tertiary/aromatic N) is 1. The van der Waals surface area contributed by atoms with E-state index in [1.54, 1.807) is 25.1 Å². The van der Waals surface area contributed by atoms with Crippen molar-refractivity contribution in [3.05, 3.63) is 46.1 Å². The zero-order chi connectivity index (χ0) is 14.2. The van der Waals surface area contributed by atoms with E-state index in [1.165, 1.54) is 6.08 Å². The number of hydrogen-bond donors (Lipinski definition) is 2. The number of ketones is 1. The first kappa shape index (κ1) is 13.4. The van der Waals surface area contributed by atoms with E-state index in [0.717, 1.165) is 5.57 Å². The zero-order valence-electron chi connectivity index (χ0n) is 10.7. The second-order valence-electron chi connectivity index (χ2n) is 4.40. The van der Waals surface area contributed by atoms with E-state index < -0.39 is 0 Å². The molecular formula is C14H14ClN3O. The number of aliphatic imine (C=N–C) groups is 1. The number of nitrogen functional groups attached to an aromatic ring is 1. The molecule has 19 heavy (non-hydrogen) atoms. The van der Waals surface area contributed by atoms with Crippen molar-refractivity contribution in [2.45, 2.75) is 13.8 Å². The maximum absolute atomic E-state index is 11.6. The Morgan fingerprint density at radius 2 is 1.89 bits per heavy atom. The highest BCUT2D eigenvalue weighted by atomic mass is 35.5. The van der Waals surface area contributed by atoms with Gasteiger partial charge in [-0.2, -0.15) is 0 Å². The number of hydrogen-bond acceptors (Lipinski definition) is 4. The highest BCUT2D eigenvalue weighted by Gasteiger charge is 2.19. The number of anilines is 1. The number of allylic oxidation sites excluding steroid dienone is 3. The van der Waals surface area contributed by atoms with E-state index in [0.29, 0.717) is 27.7 Å². The molecule has 1 aromatic carbocycles. The quantitative estimate of drug-likeness (QED) is 0.611. The Morgan fingerprint density at radius 3 is 2.53 bits per heavy atom. The van der Waals surface area contributed by atoms with Gasteiger partial charge in [0.1, 0.15) is 0 Å². The maximum atomic E-state index is 11.6. The Hall–Kier alpha value is -2.07. The van der Waals surface area contributed by atoms with Crippen LogP contribution in [0.1, 0.15) is 13.8 Å². The van der Waals surface area contributed by atoms with E-state index in [9.17, 15) is 4.79 Å². The molecule has 0 aromatic heterocycles. The summed E-state index contributed by atoms with van der Waals surface area (Å²) in [6.45, 7) is 3.60. The normalized spacial score (nSPS) is 17.9. The summed E-state index contributed by atoms with van der Waals surface area (Å²) in [5.74, 6) is -0.177. The Kier molecular flexibility index (Phi) is 3.44. The van der Waals surface area contributed by atoms with E-state index in [-0.39, 0.29) is 11.5 Å². The number of rotatable bonds is 1. The van der Waals surface area contributed by atoms with Crippen LogP contribution in [0.2, 0.25) is 5.02 Å². The van der Waals surface area contributed by atoms with Gasteiger partial charge in [0.05, 0.1) is 27.8 Å². The predicted molar refractivity (Wildman–Crippen MR) is 78.6 cm³/mol. The predicted octanol–water partition coefficient (Wildman–Crippen LogP) is 2.76. The molecule has 0 unspecified atom stereocenters. The van der Waals surface area contributed by atoms with Crippen LogP contribution in [0.4, 0.5) is 11.4 Å². The van der Waals surface area contributed by atoms with Crippen LogP contribution in [0.25, 0.3) is 0 Å². The monoisotopic (exact) mass is 275 g/mol. The summed E-state index contributed by atoms with van der Waals surface area (Å²) in [7, 11) is 0. The molecular weight excluding hydrogens is 262 g/mol. The lowest BCUT2D eigenvalue weighted by molar-refractivity contribution is -0.111. The van der Waals surface area contributed by atoms with Gasteiger partial charge >= 0.3 is 0 Å². The highest BCUT2D eigenvalue weighted by molar-refractivity contribution is 6.33. The van der Waals surface area contributed by atoms with Gasteiger partial charge in [-0.25, -0.2) is 4.99 Å². The Morgan fingerprint density at radius 1 is 1.21 bits per heavy atom. The maximum Gasteiger partial charge on any atom is 0.202 e. The van der Waals surface area contributed by atoms with Crippen molar-refractivity contribution < 1.29 is 4.79 Å². The van der Waals surface area contributed by atoms with Crippen molar-refractivity contribution >= 4 is 34.5 Å². The summed E-state index contributed by atoms with van der Waals surface area (Å²) >= 11 is 5.96. The van der Waals surface area contributed by atoms with Crippen molar-refractivity contribution in [3.8, 4) is 0 Å². The highest BCUT2D eigenvalue weighted by Crippen LogP contribution is 2.27. The minimum atomic E-state index is -0.177. The average Bonchev–Trinajstić information content (AvgIpc) is 2.36. The van der Waals surface area contributed by atoms with Crippen LogP contribution < -0.4 is 11.5 Å². The molecule has 0 bridgehead atoms. The fourth-order valence-electron chi connectivity index (χ4n) is 1.84. The minimum Gasteiger partial charge on any atom is -0.398 e. The van der Waals surface area contributed by atoms with Gasteiger partial charge in [0.25, 0.3) is 0 Å². The minimum absolute atomic E-state index is 0.177. The van der Waals surface area contributed by atoms with Crippen LogP contribution in [0.3, 0.4) is 0 Å². The van der Waals surface area contributed by atoms with Gasteiger partial charge in [-0.3, -0.25) is 4.79 Å². The molecule has 1 aliphatic rings. The molecule has 0 aliphatic heterocycles. The SMILES string of the molecule is CC1=CC(=O)C(N)=C(C)C1=Nc1ccc(N)c(Cl)c1. The first-order valence-electron chi connectivity index (χ1n) is 5.73. The zero-order valence-corrected chi connectivity index (χ0v) is 11.5. The first-order chi connectivity index (χ1) is 8.90. The third-order valence-electron chi connectivity index (χ3n) is 2.97. The number of carbonyl (C=O) groups is 1. The lowest BCUT2D eigenvalue weighted by Crippen LogP contribution is -2.21. The molecule has 4 nitrogen and oxygen atoms in total. The molecule has 5 heteroatoms. The second-order valence-corrected chi connectivity index (χ2v) is 4.80. The Balaban J connectivity index is 2.50. The van der Waals surface area contributed by atoms with Crippen molar-refractivity contribution in [2.75, 3.05) is 5.73 Å². The standard InChI is InChI=1S/C14H14ClN3O/c1-7-5-12(19)13(17)8(2)14(7)18-9-3-4-11(16)10(15)6-9/h3-6H,16-17H2,1-2H3. The Labute approximate surface area is 116 Å². The molecule has 2 rings (SSSR count). The molecule has 4 N–H and O–H groups in total. The molecule has 98 valence electrons. The van der Waals surface area contributed by atoms with E-state index in [2.05, 4.69) is 4.99 Å². The first-order valence-corrected chi connectivity index (χ1v) is 6.11. The summed E-state index contributed by atoms with van der Waals surface area (Å²) < 4.78 is 0. The summed E-state index contributed by atoms with van der Waals surface area (Å²) in [6.07, 6.45) is 1.49. The second kappa shape index (κ2) is 4.90. The number of nitrogens with two attached hydrogens (primary N) is 2. The van der Waals surface area contributed by atoms with Crippen LogP contribution >= 0.6 is 11.6 Å². The van der Waals surface area contributed by atoms with Crippen molar-refractivity contribution in [3.63, 3.8) is 0 Å². The topological polar surface area (TPSA) is 81.5 Å². The number of benzene rings is 1. The van der Waals surface area contributed by atoms with Crippen LogP contribution in [0, 0.1) is 0 Å². The molecule has 1 aliphatic carbocycles. The smallest absolute Gasteiger partial charge is 0.202 e. The van der Waals surface area contributed by atoms with Gasteiger partial charge in [-0.15, -0.1) is 0 Å². The van der Waals surface area contributed by atoms with Crippen LogP contribution in [0.5, 0.6) is 0 Å². The van der Waals surface area contributed by atoms with Gasteiger partial charge in [-0.1, -0.05) is 11.6 Å². The van der Waals surface area contributed by atoms with Gasteiger partial charge in [-0.05, 0) is 43.7 Å². The number of carbonyl (C=O) groups excluding carboxylic acids is 1. The molecule has 0 saturated heterocycles. The fourth-order valence-corrected chi connectivity index (χ4v) is 2.01. The van der Waals surface area contributed by atoms with Gasteiger partial charge in [0.2, 0.25) is 5.78 Å². The van der Waals surface area contributed by atoms with Crippen molar-refractivity contribution in [2.24, 2.45) is 10.7 Å². The van der Waals surface area contributed by atoms with Gasteiger partial charge in [0.15, 0.2) is 0 Å². The van der Waals surface area contributed by atoms with Crippen molar-refractivity contribution in [1.82, 2.24) is 0 Å². The largest absolute Gasteiger partial charge is 0.398 e. The van der Waals surface area contributed by atoms with E-state index in [1.807, 2.05) is 6.92 Å². The molecule has 0 heterocycles. The molecule has 0 amide bonds. The van der Waals surface area contributed by atoms with Crippen LogP contribution in [-0.4, -0.2) is 11.5 Å². The Bertz CT molecular complexity index is 657. The third-order valence-corrected chi connectivity index (χ3v) is 3.30. The van der Waals surface area contributed by atoms with Gasteiger partial charge in [0, 0.05) is 5.57 Å². The number of halogens is 1. The molecule has 0 radical (unpaired) electrons. The van der Waals surface area contributed by atoms with E-state index >= 15 is 0 Å². The summed E-state index contributed by atoms with van der Waals surface area (Å²) in [4.78, 5) is 16.0. The molecule has 0 spiro atoms. The molecule has 1 aromatic rings. The summed E-state index contributed by atoms with van der Waals surface area (Å²) in [6, 6.07) is 5.13. The summed E-state index contributed by atoms with van der Waals surface area (Å²) in [5.41, 5.74) is 14.9. The lowest BCUT2D eigenvalue weighted by atomic mass is 9.94. The van der Waals surface area contributed by atoms with E-state index in [4.69, 9.17) is 23.1 Å².